The maximum absolute atomic E-state index is 12.7. The highest BCUT2D eigenvalue weighted by Crippen LogP contribution is 2.25. The number of benzene rings is 1. The van der Waals surface area contributed by atoms with E-state index in [1.807, 2.05) is 24.3 Å². The molecule has 116 valence electrons. The van der Waals surface area contributed by atoms with E-state index in [1.54, 1.807) is 0 Å². The molecule has 0 aromatic heterocycles. The third kappa shape index (κ3) is 4.48. The molecule has 1 saturated carbocycles. The van der Waals surface area contributed by atoms with Gasteiger partial charge in [-0.25, -0.2) is 0 Å². The van der Waals surface area contributed by atoms with Gasteiger partial charge in [0, 0.05) is 18.3 Å². The number of hydrogen-bond acceptors (Lipinski definition) is 2. The Morgan fingerprint density at radius 1 is 1.29 bits per heavy atom. The van der Waals surface area contributed by atoms with Crippen LogP contribution in [-0.4, -0.2) is 23.4 Å². The molecule has 3 heteroatoms. The highest BCUT2D eigenvalue weighted by molar-refractivity contribution is 5.80. The summed E-state index contributed by atoms with van der Waals surface area (Å²) in [6, 6.07) is 8.14. The van der Waals surface area contributed by atoms with Crippen LogP contribution in [0.5, 0.6) is 0 Å². The zero-order valence-electron chi connectivity index (χ0n) is 13.3. The summed E-state index contributed by atoms with van der Waals surface area (Å²) in [7, 11) is 0. The molecule has 21 heavy (non-hydrogen) atoms. The van der Waals surface area contributed by atoms with Crippen molar-refractivity contribution in [3.8, 4) is 0 Å². The van der Waals surface area contributed by atoms with Crippen molar-refractivity contribution in [1.29, 1.82) is 0 Å². The average Bonchev–Trinajstić information content (AvgIpc) is 2.95. The average molecular weight is 288 g/mol. The van der Waals surface area contributed by atoms with Crippen LogP contribution in [0.2, 0.25) is 0 Å². The minimum atomic E-state index is 0.237. The fourth-order valence-corrected chi connectivity index (χ4v) is 3.08. The summed E-state index contributed by atoms with van der Waals surface area (Å²) in [5.74, 6) is 0.865. The van der Waals surface area contributed by atoms with Gasteiger partial charge >= 0.3 is 0 Å². The van der Waals surface area contributed by atoms with Gasteiger partial charge in [-0.3, -0.25) is 4.79 Å². The highest BCUT2D eigenvalue weighted by Gasteiger charge is 2.26. The van der Waals surface area contributed by atoms with Gasteiger partial charge in [-0.2, -0.15) is 0 Å². The Morgan fingerprint density at radius 3 is 2.57 bits per heavy atom. The molecule has 0 atom stereocenters. The van der Waals surface area contributed by atoms with E-state index in [1.165, 1.54) is 12.8 Å². The first kappa shape index (κ1) is 15.9. The van der Waals surface area contributed by atoms with Gasteiger partial charge < -0.3 is 10.6 Å². The first-order chi connectivity index (χ1) is 10.1. The van der Waals surface area contributed by atoms with Gasteiger partial charge in [0.2, 0.25) is 5.91 Å². The Bertz CT molecular complexity index is 464. The van der Waals surface area contributed by atoms with Crippen molar-refractivity contribution in [1.82, 2.24) is 4.90 Å². The molecule has 0 radical (unpaired) electrons. The normalized spacial score (nSPS) is 15.6. The van der Waals surface area contributed by atoms with Gasteiger partial charge in [0.25, 0.3) is 0 Å². The summed E-state index contributed by atoms with van der Waals surface area (Å²) in [6.45, 7) is 5.31. The molecule has 1 aliphatic carbocycles. The summed E-state index contributed by atoms with van der Waals surface area (Å²) in [6.07, 6.45) is 6.34. The van der Waals surface area contributed by atoms with E-state index in [9.17, 15) is 4.79 Å². The quantitative estimate of drug-likeness (QED) is 0.813. The molecule has 1 amide bonds. The number of rotatable bonds is 6. The van der Waals surface area contributed by atoms with E-state index in [-0.39, 0.29) is 5.91 Å². The van der Waals surface area contributed by atoms with Gasteiger partial charge in [-0.1, -0.05) is 44.9 Å². The SMILES string of the molecule is CC(C)CCN(C(=O)Cc1ccccc1N)C1CCCC1. The largest absolute Gasteiger partial charge is 0.398 e. The van der Waals surface area contributed by atoms with Crippen LogP contribution in [0.3, 0.4) is 0 Å². The molecule has 0 unspecified atom stereocenters. The number of carbonyl (C=O) groups is 1. The van der Waals surface area contributed by atoms with E-state index in [0.29, 0.717) is 18.4 Å². The highest BCUT2D eigenvalue weighted by atomic mass is 16.2. The van der Waals surface area contributed by atoms with Crippen LogP contribution in [0, 0.1) is 5.92 Å². The molecular weight excluding hydrogens is 260 g/mol. The lowest BCUT2D eigenvalue weighted by atomic mass is 10.1. The zero-order valence-corrected chi connectivity index (χ0v) is 13.3. The van der Waals surface area contributed by atoms with Crippen LogP contribution in [0.25, 0.3) is 0 Å². The lowest BCUT2D eigenvalue weighted by Gasteiger charge is -2.30. The molecule has 1 fully saturated rings. The molecule has 1 aromatic carbocycles. The molecule has 3 nitrogen and oxygen atoms in total. The van der Waals surface area contributed by atoms with Gasteiger partial charge in [0.05, 0.1) is 6.42 Å². The fourth-order valence-electron chi connectivity index (χ4n) is 3.08. The van der Waals surface area contributed by atoms with E-state index in [2.05, 4.69) is 18.7 Å². The molecule has 2 rings (SSSR count). The minimum Gasteiger partial charge on any atom is -0.398 e. The van der Waals surface area contributed by atoms with Crippen LogP contribution in [-0.2, 0) is 11.2 Å². The van der Waals surface area contributed by atoms with Gasteiger partial charge in [-0.05, 0) is 36.8 Å². The Labute approximate surface area is 128 Å². The van der Waals surface area contributed by atoms with Gasteiger partial charge in [0.1, 0.15) is 0 Å². The van der Waals surface area contributed by atoms with Crippen LogP contribution in [0.4, 0.5) is 5.69 Å². The van der Waals surface area contributed by atoms with Crippen LogP contribution in [0.1, 0.15) is 51.5 Å². The maximum Gasteiger partial charge on any atom is 0.227 e. The third-order valence-corrected chi connectivity index (χ3v) is 4.43. The topological polar surface area (TPSA) is 46.3 Å². The first-order valence-electron chi connectivity index (χ1n) is 8.20. The second-order valence-electron chi connectivity index (χ2n) is 6.58. The molecule has 0 aliphatic heterocycles. The molecular formula is C18H28N2O. The zero-order chi connectivity index (χ0) is 15.2. The standard InChI is InChI=1S/C18H28N2O/c1-14(2)11-12-20(16-8-4-5-9-16)18(21)13-15-7-3-6-10-17(15)19/h3,6-7,10,14,16H,4-5,8-9,11-13,19H2,1-2H3. The maximum atomic E-state index is 12.7. The second kappa shape index (κ2) is 7.48. The van der Waals surface area contributed by atoms with E-state index in [0.717, 1.165) is 37.1 Å². The Balaban J connectivity index is 2.04. The summed E-state index contributed by atoms with van der Waals surface area (Å²) in [5.41, 5.74) is 7.65. The number of nitrogen functional groups attached to an aromatic ring is 1. The number of para-hydroxylation sites is 1. The van der Waals surface area contributed by atoms with Crippen LogP contribution < -0.4 is 5.73 Å². The molecule has 2 N–H and O–H groups in total. The number of hydrogen-bond donors (Lipinski definition) is 1. The van der Waals surface area contributed by atoms with Crippen molar-refractivity contribution in [3.05, 3.63) is 29.8 Å². The van der Waals surface area contributed by atoms with E-state index in [4.69, 9.17) is 5.73 Å². The summed E-state index contributed by atoms with van der Waals surface area (Å²) in [4.78, 5) is 14.9. The molecule has 0 spiro atoms. The van der Waals surface area contributed by atoms with Crippen molar-refractivity contribution in [3.63, 3.8) is 0 Å². The predicted molar refractivity (Wildman–Crippen MR) is 88.0 cm³/mol. The predicted octanol–water partition coefficient (Wildman–Crippen LogP) is 3.63. The number of carbonyl (C=O) groups excluding carboxylic acids is 1. The number of nitrogens with two attached hydrogens (primary N) is 1. The summed E-state index contributed by atoms with van der Waals surface area (Å²) < 4.78 is 0. The lowest BCUT2D eigenvalue weighted by molar-refractivity contribution is -0.132. The third-order valence-electron chi connectivity index (χ3n) is 4.43. The summed E-state index contributed by atoms with van der Waals surface area (Å²) >= 11 is 0. The monoisotopic (exact) mass is 288 g/mol. The Morgan fingerprint density at radius 2 is 1.95 bits per heavy atom. The molecule has 0 bridgehead atoms. The van der Waals surface area contributed by atoms with Crippen molar-refractivity contribution in [2.45, 2.75) is 58.4 Å². The fraction of sp³-hybridized carbons (Fsp3) is 0.611. The molecule has 1 aliphatic rings. The van der Waals surface area contributed by atoms with Gasteiger partial charge in [0.15, 0.2) is 0 Å². The number of amides is 1. The van der Waals surface area contributed by atoms with E-state index < -0.39 is 0 Å². The number of anilines is 1. The van der Waals surface area contributed by atoms with Gasteiger partial charge in [-0.15, -0.1) is 0 Å². The molecule has 1 aromatic rings. The van der Waals surface area contributed by atoms with Crippen LogP contribution >= 0.6 is 0 Å². The van der Waals surface area contributed by atoms with E-state index >= 15 is 0 Å². The minimum absolute atomic E-state index is 0.237. The lowest BCUT2D eigenvalue weighted by Crippen LogP contribution is -2.41. The van der Waals surface area contributed by atoms with Crippen molar-refractivity contribution in [2.75, 3.05) is 12.3 Å². The second-order valence-corrected chi connectivity index (χ2v) is 6.58. The van der Waals surface area contributed by atoms with Crippen molar-refractivity contribution < 1.29 is 4.79 Å². The Hall–Kier alpha value is -1.51. The molecule has 0 heterocycles. The van der Waals surface area contributed by atoms with Crippen molar-refractivity contribution in [2.24, 2.45) is 5.92 Å². The Kier molecular flexibility index (Phi) is 5.66. The smallest absolute Gasteiger partial charge is 0.227 e. The number of nitrogens with zero attached hydrogens (tertiary/aromatic N) is 1. The molecule has 0 saturated heterocycles. The summed E-state index contributed by atoms with van der Waals surface area (Å²) in [5, 5.41) is 0. The van der Waals surface area contributed by atoms with Crippen molar-refractivity contribution >= 4 is 11.6 Å². The first-order valence-corrected chi connectivity index (χ1v) is 8.20. The van der Waals surface area contributed by atoms with Crippen LogP contribution in [0.15, 0.2) is 24.3 Å².